The van der Waals surface area contributed by atoms with Crippen molar-refractivity contribution in [2.45, 2.75) is 97.5 Å². The average molecular weight is 333 g/mol. The Morgan fingerprint density at radius 3 is 2.29 bits per heavy atom. The Morgan fingerprint density at radius 2 is 1.54 bits per heavy atom. The highest BCUT2D eigenvalue weighted by Gasteiger charge is 1.98. The van der Waals surface area contributed by atoms with Crippen LogP contribution in [-0.4, -0.2) is 11.2 Å². The van der Waals surface area contributed by atoms with E-state index in [0.717, 1.165) is 38.5 Å². The van der Waals surface area contributed by atoms with E-state index in [-0.39, 0.29) is 6.10 Å². The van der Waals surface area contributed by atoms with Crippen molar-refractivity contribution in [3.63, 3.8) is 0 Å². The van der Waals surface area contributed by atoms with Crippen LogP contribution in [0.2, 0.25) is 0 Å². The first-order chi connectivity index (χ1) is 11.7. The van der Waals surface area contributed by atoms with E-state index in [1.165, 1.54) is 37.7 Å². The summed E-state index contributed by atoms with van der Waals surface area (Å²) in [6.07, 6.45) is 28.1. The fourth-order valence-electron chi connectivity index (χ4n) is 2.47. The number of aliphatic hydroxyl groups excluding tert-OH is 1. The molecule has 0 fully saturated rings. The zero-order chi connectivity index (χ0) is 17.9. The Labute approximate surface area is 151 Å². The molecule has 0 saturated carbocycles. The van der Waals surface area contributed by atoms with Gasteiger partial charge in [0.2, 0.25) is 0 Å². The molecule has 0 radical (unpaired) electrons. The minimum absolute atomic E-state index is 0.0812. The molecule has 24 heavy (non-hydrogen) atoms. The lowest BCUT2D eigenvalue weighted by molar-refractivity contribution is 0.156. The molecule has 0 aliphatic heterocycles. The van der Waals surface area contributed by atoms with Gasteiger partial charge in [-0.05, 0) is 58.3 Å². The highest BCUT2D eigenvalue weighted by molar-refractivity contribution is 5.07. The molecule has 0 aromatic carbocycles. The minimum atomic E-state index is -0.0812. The van der Waals surface area contributed by atoms with Gasteiger partial charge in [-0.15, -0.1) is 0 Å². The number of unbranched alkanes of at least 4 members (excludes halogenated alkanes) is 4. The molecule has 1 N–H and O–H groups in total. The molecule has 0 bridgehead atoms. The van der Waals surface area contributed by atoms with E-state index >= 15 is 0 Å². The first-order valence-corrected chi connectivity index (χ1v) is 9.99. The van der Waals surface area contributed by atoms with Crippen molar-refractivity contribution in [3.8, 4) is 0 Å². The van der Waals surface area contributed by atoms with Crippen LogP contribution < -0.4 is 0 Å². The van der Waals surface area contributed by atoms with Crippen LogP contribution in [0, 0.1) is 0 Å². The lowest BCUT2D eigenvalue weighted by Gasteiger charge is -2.06. The molecule has 0 rings (SSSR count). The van der Waals surface area contributed by atoms with Gasteiger partial charge in [0.1, 0.15) is 0 Å². The van der Waals surface area contributed by atoms with Gasteiger partial charge in [0.25, 0.3) is 0 Å². The van der Waals surface area contributed by atoms with Crippen molar-refractivity contribution in [1.29, 1.82) is 0 Å². The number of hydrogen-bond donors (Lipinski definition) is 1. The number of hydrogen-bond acceptors (Lipinski definition) is 1. The van der Waals surface area contributed by atoms with Crippen molar-refractivity contribution in [3.05, 3.63) is 48.1 Å². The second-order valence-corrected chi connectivity index (χ2v) is 6.60. The van der Waals surface area contributed by atoms with Crippen molar-refractivity contribution in [1.82, 2.24) is 0 Å². The maximum Gasteiger partial charge on any atom is 0.0537 e. The molecule has 0 heterocycles. The van der Waals surface area contributed by atoms with E-state index < -0.39 is 0 Å². The summed E-state index contributed by atoms with van der Waals surface area (Å²) in [6.45, 7) is 6.43. The summed E-state index contributed by atoms with van der Waals surface area (Å²) in [7, 11) is 0. The molecule has 1 nitrogen and oxygen atoms in total. The van der Waals surface area contributed by atoms with Gasteiger partial charge < -0.3 is 5.11 Å². The molecule has 1 unspecified atom stereocenters. The van der Waals surface area contributed by atoms with Gasteiger partial charge in [0.05, 0.1) is 6.10 Å². The zero-order valence-corrected chi connectivity index (χ0v) is 16.3. The highest BCUT2D eigenvalue weighted by atomic mass is 16.3. The topological polar surface area (TPSA) is 20.2 Å². The summed E-state index contributed by atoms with van der Waals surface area (Å²) in [6, 6.07) is 0. The molecule has 0 amide bonds. The fourth-order valence-corrected chi connectivity index (χ4v) is 2.47. The third-order valence-corrected chi connectivity index (χ3v) is 4.18. The normalized spacial score (nSPS) is 14.4. The van der Waals surface area contributed by atoms with E-state index in [9.17, 15) is 5.11 Å². The average Bonchev–Trinajstić information content (AvgIpc) is 2.59. The second-order valence-electron chi connectivity index (χ2n) is 6.60. The van der Waals surface area contributed by atoms with Gasteiger partial charge in [0, 0.05) is 0 Å². The predicted octanol–water partition coefficient (Wildman–Crippen LogP) is 7.29. The lowest BCUT2D eigenvalue weighted by Crippen LogP contribution is -2.03. The van der Waals surface area contributed by atoms with Gasteiger partial charge >= 0.3 is 0 Å². The molecule has 0 saturated heterocycles. The van der Waals surface area contributed by atoms with Gasteiger partial charge in [-0.25, -0.2) is 0 Å². The standard InChI is InChI=1S/C23H40O/c1-4-6-7-8-10-13-16-19-22(3)20-17-14-11-9-12-15-18-21-23(24)5-2/h6-7,10,13-14,17,19,23-24H,4-5,8-9,11-12,15-16,18,20-21H2,1-3H3. The zero-order valence-electron chi connectivity index (χ0n) is 16.3. The summed E-state index contributed by atoms with van der Waals surface area (Å²) in [5.74, 6) is 0. The SMILES string of the molecule is CCC=CCC=CCC=C(C)CC=CCCCCCCC(O)CC. The van der Waals surface area contributed by atoms with E-state index in [2.05, 4.69) is 56.4 Å². The molecular weight excluding hydrogens is 292 g/mol. The molecule has 0 aliphatic rings. The van der Waals surface area contributed by atoms with Gasteiger partial charge in [0.15, 0.2) is 0 Å². The quantitative estimate of drug-likeness (QED) is 0.246. The third kappa shape index (κ3) is 17.3. The molecule has 0 aromatic rings. The van der Waals surface area contributed by atoms with Crippen molar-refractivity contribution < 1.29 is 5.11 Å². The van der Waals surface area contributed by atoms with Gasteiger partial charge in [-0.2, -0.15) is 0 Å². The molecule has 138 valence electrons. The summed E-state index contributed by atoms with van der Waals surface area (Å²) in [5.41, 5.74) is 1.45. The third-order valence-electron chi connectivity index (χ3n) is 4.18. The fraction of sp³-hybridized carbons (Fsp3) is 0.652. The van der Waals surface area contributed by atoms with Gasteiger partial charge in [-0.3, -0.25) is 0 Å². The molecular formula is C23H40O. The summed E-state index contributed by atoms with van der Waals surface area (Å²) >= 11 is 0. The van der Waals surface area contributed by atoms with Crippen LogP contribution in [-0.2, 0) is 0 Å². The second kappa shape index (κ2) is 18.3. The van der Waals surface area contributed by atoms with Crippen LogP contribution in [0.5, 0.6) is 0 Å². The maximum absolute atomic E-state index is 9.48. The van der Waals surface area contributed by atoms with Crippen molar-refractivity contribution in [2.75, 3.05) is 0 Å². The molecule has 0 aromatic heterocycles. The summed E-state index contributed by atoms with van der Waals surface area (Å²) < 4.78 is 0. The van der Waals surface area contributed by atoms with Crippen molar-refractivity contribution >= 4 is 0 Å². The van der Waals surface area contributed by atoms with Crippen LogP contribution in [0.3, 0.4) is 0 Å². The highest BCUT2D eigenvalue weighted by Crippen LogP contribution is 2.10. The number of aliphatic hydroxyl groups is 1. The first-order valence-electron chi connectivity index (χ1n) is 9.99. The molecule has 0 spiro atoms. The Hall–Kier alpha value is -1.08. The number of rotatable bonds is 15. The largest absolute Gasteiger partial charge is 0.393 e. The van der Waals surface area contributed by atoms with Gasteiger partial charge in [-0.1, -0.05) is 81.2 Å². The van der Waals surface area contributed by atoms with E-state index in [1.807, 2.05) is 6.92 Å². The van der Waals surface area contributed by atoms with Crippen LogP contribution in [0.1, 0.15) is 91.4 Å². The summed E-state index contributed by atoms with van der Waals surface area (Å²) in [5, 5.41) is 9.48. The smallest absolute Gasteiger partial charge is 0.0537 e. The monoisotopic (exact) mass is 332 g/mol. The number of allylic oxidation sites excluding steroid dienone is 8. The summed E-state index contributed by atoms with van der Waals surface area (Å²) in [4.78, 5) is 0. The Bertz CT molecular complexity index is 373. The molecule has 0 aliphatic carbocycles. The van der Waals surface area contributed by atoms with E-state index in [4.69, 9.17) is 0 Å². The Morgan fingerprint density at radius 1 is 0.833 bits per heavy atom. The van der Waals surface area contributed by atoms with Crippen molar-refractivity contribution in [2.24, 2.45) is 0 Å². The minimum Gasteiger partial charge on any atom is -0.393 e. The van der Waals surface area contributed by atoms with Crippen LogP contribution in [0.25, 0.3) is 0 Å². The van der Waals surface area contributed by atoms with E-state index in [1.54, 1.807) is 0 Å². The first kappa shape index (κ1) is 22.9. The predicted molar refractivity (Wildman–Crippen MR) is 109 cm³/mol. The molecule has 1 heteroatoms. The van der Waals surface area contributed by atoms with Crippen LogP contribution >= 0.6 is 0 Å². The van der Waals surface area contributed by atoms with E-state index in [0.29, 0.717) is 0 Å². The van der Waals surface area contributed by atoms with Crippen LogP contribution in [0.4, 0.5) is 0 Å². The molecule has 1 atom stereocenters. The van der Waals surface area contributed by atoms with Crippen LogP contribution in [0.15, 0.2) is 48.1 Å². The maximum atomic E-state index is 9.48. The lowest BCUT2D eigenvalue weighted by atomic mass is 10.1. The Balaban J connectivity index is 3.54. The Kier molecular flexibility index (Phi) is 17.4.